The van der Waals surface area contributed by atoms with Gasteiger partial charge in [-0.3, -0.25) is 9.59 Å². The van der Waals surface area contributed by atoms with Crippen molar-refractivity contribution in [1.82, 2.24) is 0 Å². The summed E-state index contributed by atoms with van der Waals surface area (Å²) in [5, 5.41) is 0. The average molecular weight is 242 g/mol. The maximum absolute atomic E-state index is 12.0. The Balaban J connectivity index is 2.22. The number of carbonyl (C=O) groups is 2. The van der Waals surface area contributed by atoms with Gasteiger partial charge in [-0.2, -0.15) is 0 Å². The Morgan fingerprint density at radius 2 is 1.76 bits per heavy atom. The molecule has 0 spiro atoms. The van der Waals surface area contributed by atoms with E-state index in [4.69, 9.17) is 12.2 Å². The largest absolute Gasteiger partial charge is 0.289 e. The lowest BCUT2D eigenvalue weighted by molar-refractivity contribution is -0.115. The molecule has 0 bridgehead atoms. The van der Waals surface area contributed by atoms with Gasteiger partial charge in [-0.15, -0.1) is 0 Å². The van der Waals surface area contributed by atoms with Crippen molar-refractivity contribution in [2.45, 2.75) is 0 Å². The van der Waals surface area contributed by atoms with E-state index in [9.17, 15) is 9.59 Å². The third kappa shape index (κ3) is 2.45. The molecule has 84 valence electrons. The Morgan fingerprint density at radius 1 is 1.06 bits per heavy atom. The summed E-state index contributed by atoms with van der Waals surface area (Å²) in [4.78, 5) is 24.4. The highest BCUT2D eigenvalue weighted by Crippen LogP contribution is 2.14. The molecule has 1 unspecified atom stereocenters. The highest BCUT2D eigenvalue weighted by Gasteiger charge is 2.27. The molecule has 1 aromatic carbocycles. The fourth-order valence-corrected chi connectivity index (χ4v) is 1.88. The number of Topliss-reactive ketones (excluding diaryl/α,β-unsaturated/α-hetero) is 2. The molecular formula is C14H10O2S. The molecule has 1 aliphatic rings. The highest BCUT2D eigenvalue weighted by atomic mass is 32.1. The van der Waals surface area contributed by atoms with Crippen molar-refractivity contribution in [3.8, 4) is 0 Å². The zero-order valence-electron chi connectivity index (χ0n) is 9.00. The predicted molar refractivity (Wildman–Crippen MR) is 70.1 cm³/mol. The molecule has 2 rings (SSSR count). The predicted octanol–water partition coefficient (Wildman–Crippen LogP) is 2.55. The number of hydrogen-bond donors (Lipinski definition) is 0. The van der Waals surface area contributed by atoms with Crippen molar-refractivity contribution < 1.29 is 9.59 Å². The Morgan fingerprint density at radius 3 is 2.41 bits per heavy atom. The van der Waals surface area contributed by atoms with Gasteiger partial charge in [0.1, 0.15) is 0 Å². The minimum atomic E-state index is -0.595. The fourth-order valence-electron chi connectivity index (χ4n) is 1.61. The van der Waals surface area contributed by atoms with E-state index < -0.39 is 17.5 Å². The summed E-state index contributed by atoms with van der Waals surface area (Å²) in [5.74, 6) is -1.55. The summed E-state index contributed by atoms with van der Waals surface area (Å²) < 4.78 is 0. The number of hydrogen-bond acceptors (Lipinski definition) is 3. The van der Waals surface area contributed by atoms with E-state index in [1.165, 1.54) is 0 Å². The molecule has 2 nitrogen and oxygen atoms in total. The van der Waals surface area contributed by atoms with E-state index in [0.29, 0.717) is 10.4 Å². The molecule has 0 N–H and O–H groups in total. The molecule has 17 heavy (non-hydrogen) atoms. The van der Waals surface area contributed by atoms with Crippen LogP contribution in [0.5, 0.6) is 0 Å². The molecule has 1 aliphatic carbocycles. The van der Waals surface area contributed by atoms with Crippen LogP contribution >= 0.6 is 12.2 Å². The smallest absolute Gasteiger partial charge is 0.229 e. The van der Waals surface area contributed by atoms with Crippen molar-refractivity contribution in [3.63, 3.8) is 0 Å². The number of thiocarbonyl (C=S) groups is 1. The first-order valence-electron chi connectivity index (χ1n) is 5.22. The Bertz CT molecular complexity index is 526. The van der Waals surface area contributed by atoms with Gasteiger partial charge in [0, 0.05) is 10.4 Å². The number of carbonyl (C=O) groups excluding carboxylic acids is 2. The molecule has 0 heterocycles. The first kappa shape index (κ1) is 11.6. The van der Waals surface area contributed by atoms with Crippen LogP contribution in [0.1, 0.15) is 10.4 Å². The van der Waals surface area contributed by atoms with Crippen LogP contribution in [0.2, 0.25) is 0 Å². The first-order valence-corrected chi connectivity index (χ1v) is 5.63. The summed E-state index contributed by atoms with van der Waals surface area (Å²) in [6, 6.07) is 8.53. The summed E-state index contributed by atoms with van der Waals surface area (Å²) in [5.41, 5.74) is 0.406. The number of benzene rings is 1. The van der Waals surface area contributed by atoms with E-state index in [1.54, 1.807) is 54.6 Å². The molecule has 1 aromatic rings. The van der Waals surface area contributed by atoms with Crippen molar-refractivity contribution >= 4 is 28.6 Å². The van der Waals surface area contributed by atoms with Gasteiger partial charge >= 0.3 is 0 Å². The maximum Gasteiger partial charge on any atom is 0.229 e. The van der Waals surface area contributed by atoms with E-state index in [0.717, 1.165) is 0 Å². The van der Waals surface area contributed by atoms with E-state index >= 15 is 0 Å². The molecule has 0 fully saturated rings. The van der Waals surface area contributed by atoms with E-state index in [-0.39, 0.29) is 0 Å². The first-order chi connectivity index (χ1) is 8.20. The van der Waals surface area contributed by atoms with Crippen molar-refractivity contribution in [1.29, 1.82) is 0 Å². The zero-order chi connectivity index (χ0) is 12.3. The van der Waals surface area contributed by atoms with Gasteiger partial charge in [0.05, 0.1) is 5.92 Å². The fraction of sp³-hybridized carbons (Fsp3) is 0.0714. The summed E-state index contributed by atoms with van der Waals surface area (Å²) in [6.07, 6.45) is 6.83. The van der Waals surface area contributed by atoms with Crippen molar-refractivity contribution in [3.05, 3.63) is 60.2 Å². The van der Waals surface area contributed by atoms with Gasteiger partial charge < -0.3 is 0 Å². The summed E-state index contributed by atoms with van der Waals surface area (Å²) >= 11 is 5.06. The minimum absolute atomic E-state index is 0.406. The van der Waals surface area contributed by atoms with Gasteiger partial charge in [0.25, 0.3) is 0 Å². The molecule has 0 saturated carbocycles. The topological polar surface area (TPSA) is 34.1 Å². The van der Waals surface area contributed by atoms with Crippen LogP contribution in [0.15, 0.2) is 54.6 Å². The average Bonchev–Trinajstić information content (AvgIpc) is 2.39. The van der Waals surface area contributed by atoms with E-state index in [1.807, 2.05) is 0 Å². The molecule has 1 atom stereocenters. The Labute approximate surface area is 105 Å². The molecule has 0 aromatic heterocycles. The third-order valence-corrected chi connectivity index (χ3v) is 2.91. The van der Waals surface area contributed by atoms with Gasteiger partial charge in [-0.05, 0) is 6.08 Å². The molecule has 0 amide bonds. The Kier molecular flexibility index (Phi) is 3.40. The molecule has 0 radical (unpaired) electrons. The molecular weight excluding hydrogens is 232 g/mol. The number of rotatable bonds is 3. The van der Waals surface area contributed by atoms with Crippen LogP contribution in [-0.2, 0) is 4.79 Å². The normalized spacial score (nSPS) is 18.1. The molecule has 3 heteroatoms. The monoisotopic (exact) mass is 242 g/mol. The lowest BCUT2D eigenvalue weighted by Crippen LogP contribution is -2.28. The third-order valence-electron chi connectivity index (χ3n) is 2.52. The standard InChI is InChI=1S/C14H10O2S/c15-13(10-6-2-1-3-7-10)14(16)11-8-4-5-9-12(11)17/h1-9,11H. The maximum atomic E-state index is 12.0. The summed E-state index contributed by atoms with van der Waals surface area (Å²) in [6.45, 7) is 0. The van der Waals surface area contributed by atoms with Crippen LogP contribution < -0.4 is 0 Å². The van der Waals surface area contributed by atoms with Gasteiger partial charge in [0.2, 0.25) is 11.6 Å². The van der Waals surface area contributed by atoms with Gasteiger partial charge in [0.15, 0.2) is 0 Å². The van der Waals surface area contributed by atoms with Crippen molar-refractivity contribution in [2.24, 2.45) is 5.92 Å². The van der Waals surface area contributed by atoms with E-state index in [2.05, 4.69) is 0 Å². The van der Waals surface area contributed by atoms with Crippen LogP contribution in [-0.4, -0.2) is 16.4 Å². The minimum Gasteiger partial charge on any atom is -0.289 e. The zero-order valence-corrected chi connectivity index (χ0v) is 9.81. The SMILES string of the molecule is O=C(C(=O)C1C=CC=CC1=S)c1ccccc1. The summed E-state index contributed by atoms with van der Waals surface area (Å²) in [7, 11) is 0. The second-order valence-corrected chi connectivity index (χ2v) is 4.15. The second-order valence-electron chi connectivity index (χ2n) is 3.68. The van der Waals surface area contributed by atoms with Gasteiger partial charge in [-0.25, -0.2) is 0 Å². The quantitative estimate of drug-likeness (QED) is 0.464. The molecule has 0 aliphatic heterocycles. The molecule has 0 saturated heterocycles. The van der Waals surface area contributed by atoms with Crippen LogP contribution in [0, 0.1) is 5.92 Å². The Hall–Kier alpha value is -1.87. The van der Waals surface area contributed by atoms with Crippen LogP contribution in [0.3, 0.4) is 0 Å². The van der Waals surface area contributed by atoms with Crippen LogP contribution in [0.25, 0.3) is 0 Å². The number of ketones is 2. The van der Waals surface area contributed by atoms with Crippen LogP contribution in [0.4, 0.5) is 0 Å². The number of allylic oxidation sites excluding steroid dienone is 4. The lowest BCUT2D eigenvalue weighted by Gasteiger charge is -2.11. The van der Waals surface area contributed by atoms with Crippen molar-refractivity contribution in [2.75, 3.05) is 0 Å². The lowest BCUT2D eigenvalue weighted by atomic mass is 9.91. The van der Waals surface area contributed by atoms with Gasteiger partial charge in [-0.1, -0.05) is 60.8 Å². The highest BCUT2D eigenvalue weighted by molar-refractivity contribution is 7.80. The second kappa shape index (κ2) is 4.97.